The largest absolute Gasteiger partial charge is 0.598 e. The number of hydrogen-bond donors (Lipinski definition) is 1. The van der Waals surface area contributed by atoms with Gasteiger partial charge in [-0.25, -0.2) is 8.78 Å². The van der Waals surface area contributed by atoms with Crippen molar-refractivity contribution in [2.45, 2.75) is 44.9 Å². The fourth-order valence-electron chi connectivity index (χ4n) is 1.37. The fraction of sp³-hybridized carbons (Fsp3) is 0.538. The van der Waals surface area contributed by atoms with E-state index < -0.39 is 17.8 Å². The van der Waals surface area contributed by atoms with Crippen molar-refractivity contribution in [1.29, 1.82) is 0 Å². The maximum Gasteiger partial charge on any atom is 0.263 e. The van der Waals surface area contributed by atoms with Gasteiger partial charge in [0.15, 0.2) is 0 Å². The first-order chi connectivity index (χ1) is 8.21. The molecule has 0 amide bonds. The van der Waals surface area contributed by atoms with Crippen LogP contribution in [0, 0.1) is 0 Å². The SMILES string of the molecule is CC(N[S@+]([O-])C(C)(C)C)c1cccc(C(F)F)c1. The molecule has 5 heteroatoms. The molecule has 0 heterocycles. The van der Waals surface area contributed by atoms with Crippen LogP contribution in [0.4, 0.5) is 8.78 Å². The van der Waals surface area contributed by atoms with Crippen molar-refractivity contribution in [3.63, 3.8) is 0 Å². The Kier molecular flexibility index (Phi) is 5.13. The van der Waals surface area contributed by atoms with Crippen LogP contribution < -0.4 is 4.72 Å². The molecule has 0 spiro atoms. The van der Waals surface area contributed by atoms with E-state index in [9.17, 15) is 13.3 Å². The lowest BCUT2D eigenvalue weighted by Crippen LogP contribution is -2.40. The molecule has 1 aromatic carbocycles. The maximum absolute atomic E-state index is 12.6. The van der Waals surface area contributed by atoms with Gasteiger partial charge in [0, 0.05) is 16.9 Å². The minimum Gasteiger partial charge on any atom is -0.598 e. The maximum atomic E-state index is 12.6. The van der Waals surface area contributed by atoms with Gasteiger partial charge in [0.05, 0.1) is 6.04 Å². The number of halogens is 2. The van der Waals surface area contributed by atoms with E-state index in [0.29, 0.717) is 5.56 Å². The van der Waals surface area contributed by atoms with Gasteiger partial charge in [-0.2, -0.15) is 0 Å². The highest BCUT2D eigenvalue weighted by molar-refractivity contribution is 7.90. The zero-order chi connectivity index (χ0) is 13.9. The minimum atomic E-state index is -2.48. The molecule has 1 unspecified atom stereocenters. The lowest BCUT2D eigenvalue weighted by molar-refractivity contribution is 0.151. The predicted molar refractivity (Wildman–Crippen MR) is 70.8 cm³/mol. The molecule has 1 aromatic rings. The molecular weight excluding hydrogens is 256 g/mol. The van der Waals surface area contributed by atoms with Crippen molar-refractivity contribution in [2.24, 2.45) is 0 Å². The van der Waals surface area contributed by atoms with E-state index in [-0.39, 0.29) is 16.4 Å². The van der Waals surface area contributed by atoms with Crippen LogP contribution in [0.2, 0.25) is 0 Å². The van der Waals surface area contributed by atoms with Crippen LogP contribution >= 0.6 is 0 Å². The normalized spacial score (nSPS) is 15.8. The van der Waals surface area contributed by atoms with Crippen molar-refractivity contribution < 1.29 is 13.3 Å². The summed E-state index contributed by atoms with van der Waals surface area (Å²) >= 11 is -1.22. The third-order valence-electron chi connectivity index (χ3n) is 2.50. The van der Waals surface area contributed by atoms with Gasteiger partial charge in [0.2, 0.25) is 0 Å². The third-order valence-corrected chi connectivity index (χ3v) is 4.18. The van der Waals surface area contributed by atoms with Crippen LogP contribution in [-0.4, -0.2) is 9.30 Å². The predicted octanol–water partition coefficient (Wildman–Crippen LogP) is 3.74. The lowest BCUT2D eigenvalue weighted by atomic mass is 10.1. The molecule has 102 valence electrons. The van der Waals surface area contributed by atoms with Crippen molar-refractivity contribution in [1.82, 2.24) is 4.72 Å². The summed E-state index contributed by atoms with van der Waals surface area (Å²) < 4.78 is 39.6. The summed E-state index contributed by atoms with van der Waals surface area (Å²) in [5.74, 6) is 0. The second kappa shape index (κ2) is 5.99. The summed E-state index contributed by atoms with van der Waals surface area (Å²) in [6.45, 7) is 7.39. The highest BCUT2D eigenvalue weighted by atomic mass is 32.2. The quantitative estimate of drug-likeness (QED) is 0.850. The topological polar surface area (TPSA) is 35.1 Å². The average Bonchev–Trinajstić information content (AvgIpc) is 2.27. The minimum absolute atomic E-state index is 0.0114. The number of alkyl halides is 2. The Morgan fingerprint density at radius 1 is 1.22 bits per heavy atom. The molecule has 0 radical (unpaired) electrons. The number of nitrogens with one attached hydrogen (secondary N) is 1. The first-order valence-electron chi connectivity index (χ1n) is 5.78. The van der Waals surface area contributed by atoms with E-state index in [1.807, 2.05) is 27.7 Å². The molecule has 1 rings (SSSR count). The molecule has 0 fully saturated rings. The Balaban J connectivity index is 2.78. The summed E-state index contributed by atoms with van der Waals surface area (Å²) in [6, 6.07) is 5.95. The summed E-state index contributed by atoms with van der Waals surface area (Å²) in [5, 5.41) is 0. The van der Waals surface area contributed by atoms with Crippen molar-refractivity contribution in [3.8, 4) is 0 Å². The van der Waals surface area contributed by atoms with Crippen LogP contribution in [0.5, 0.6) is 0 Å². The van der Waals surface area contributed by atoms with Crippen LogP contribution in [-0.2, 0) is 11.4 Å². The molecule has 0 aliphatic rings. The molecule has 18 heavy (non-hydrogen) atoms. The highest BCUT2D eigenvalue weighted by Gasteiger charge is 2.28. The van der Waals surface area contributed by atoms with E-state index in [1.54, 1.807) is 12.1 Å². The summed E-state index contributed by atoms with van der Waals surface area (Å²) in [4.78, 5) is 0. The Morgan fingerprint density at radius 2 is 1.78 bits per heavy atom. The monoisotopic (exact) mass is 275 g/mol. The van der Waals surface area contributed by atoms with Crippen LogP contribution in [0.15, 0.2) is 24.3 Å². The zero-order valence-corrected chi connectivity index (χ0v) is 11.9. The highest BCUT2D eigenvalue weighted by Crippen LogP contribution is 2.24. The van der Waals surface area contributed by atoms with E-state index in [0.717, 1.165) is 0 Å². The molecule has 0 aromatic heterocycles. The van der Waals surface area contributed by atoms with Gasteiger partial charge < -0.3 is 4.55 Å². The second-order valence-electron chi connectivity index (χ2n) is 5.19. The molecule has 0 aliphatic carbocycles. The molecular formula is C13H19F2NOS. The van der Waals surface area contributed by atoms with Gasteiger partial charge >= 0.3 is 0 Å². The summed E-state index contributed by atoms with van der Waals surface area (Å²) in [7, 11) is 0. The fourth-order valence-corrected chi connectivity index (χ4v) is 2.18. The lowest BCUT2D eigenvalue weighted by Gasteiger charge is -2.26. The summed E-state index contributed by atoms with van der Waals surface area (Å²) in [6.07, 6.45) is -2.48. The number of rotatable bonds is 4. The molecule has 1 N–H and O–H groups in total. The van der Waals surface area contributed by atoms with Gasteiger partial charge in [0.1, 0.15) is 4.75 Å². The second-order valence-corrected chi connectivity index (χ2v) is 7.19. The van der Waals surface area contributed by atoms with Crippen molar-refractivity contribution >= 4 is 11.4 Å². The van der Waals surface area contributed by atoms with Crippen LogP contribution in [0.25, 0.3) is 0 Å². The van der Waals surface area contributed by atoms with E-state index in [1.165, 1.54) is 12.1 Å². The summed E-state index contributed by atoms with van der Waals surface area (Å²) in [5.41, 5.74) is 0.702. The van der Waals surface area contributed by atoms with Gasteiger partial charge in [-0.1, -0.05) is 18.2 Å². The number of benzene rings is 1. The van der Waals surface area contributed by atoms with Gasteiger partial charge in [0.25, 0.3) is 6.43 Å². The van der Waals surface area contributed by atoms with Crippen molar-refractivity contribution in [3.05, 3.63) is 35.4 Å². The van der Waals surface area contributed by atoms with Crippen molar-refractivity contribution in [2.75, 3.05) is 0 Å². The smallest absolute Gasteiger partial charge is 0.263 e. The first kappa shape index (κ1) is 15.4. The Hall–Kier alpha value is -0.650. The van der Waals surface area contributed by atoms with Gasteiger partial charge in [-0.15, -0.1) is 4.72 Å². The zero-order valence-electron chi connectivity index (χ0n) is 11.0. The average molecular weight is 275 g/mol. The Labute approximate surface area is 110 Å². The van der Waals surface area contributed by atoms with E-state index in [4.69, 9.17) is 0 Å². The van der Waals surface area contributed by atoms with Gasteiger partial charge in [-0.05, 0) is 39.3 Å². The van der Waals surface area contributed by atoms with E-state index in [2.05, 4.69) is 4.72 Å². The number of hydrogen-bond acceptors (Lipinski definition) is 2. The molecule has 2 nitrogen and oxygen atoms in total. The molecule has 0 saturated carbocycles. The van der Waals surface area contributed by atoms with E-state index >= 15 is 0 Å². The third kappa shape index (κ3) is 4.23. The van der Waals surface area contributed by atoms with Gasteiger partial charge in [-0.3, -0.25) is 0 Å². The molecule has 0 aliphatic heterocycles. The first-order valence-corrected chi connectivity index (χ1v) is 6.93. The van der Waals surface area contributed by atoms with Crippen LogP contribution in [0.1, 0.15) is 51.3 Å². The van der Waals surface area contributed by atoms with Crippen LogP contribution in [0.3, 0.4) is 0 Å². The Morgan fingerprint density at radius 3 is 2.28 bits per heavy atom. The molecule has 0 bridgehead atoms. The molecule has 2 atom stereocenters. The Bertz CT molecular complexity index is 393. The molecule has 0 saturated heterocycles. The standard InChI is InChI=1S/C13H19F2NOS/c1-9(16-18(17)13(2,3)4)10-6-5-7-11(8-10)12(14)15/h5-9,12,16H,1-4H3/t9?,18-/m1/s1.